The van der Waals surface area contributed by atoms with Gasteiger partial charge in [0.05, 0.1) is 19.8 Å². The van der Waals surface area contributed by atoms with Crippen molar-refractivity contribution in [3.63, 3.8) is 0 Å². The first-order chi connectivity index (χ1) is 11.8. The van der Waals surface area contributed by atoms with E-state index in [0.29, 0.717) is 12.6 Å². The fourth-order valence-corrected chi connectivity index (χ4v) is 3.85. The molecule has 2 atom stereocenters. The van der Waals surface area contributed by atoms with Crippen LogP contribution in [0.3, 0.4) is 0 Å². The summed E-state index contributed by atoms with van der Waals surface area (Å²) < 4.78 is 11.1. The van der Waals surface area contributed by atoms with Gasteiger partial charge in [-0.3, -0.25) is 9.80 Å². The van der Waals surface area contributed by atoms with Crippen LogP contribution in [0.15, 0.2) is 24.3 Å². The van der Waals surface area contributed by atoms with Gasteiger partial charge in [0.25, 0.3) is 0 Å². The fourth-order valence-electron chi connectivity index (χ4n) is 3.85. The number of hydrogen-bond acceptors (Lipinski definition) is 5. The molecule has 2 aliphatic heterocycles. The molecule has 0 aromatic heterocycles. The summed E-state index contributed by atoms with van der Waals surface area (Å²) in [5.74, 6) is 1.58. The number of ether oxygens (including phenoxy) is 2. The summed E-state index contributed by atoms with van der Waals surface area (Å²) in [5.41, 5.74) is 0. The quantitative estimate of drug-likeness (QED) is 0.773. The fraction of sp³-hybridized carbons (Fsp3) is 0.684. The molecule has 0 bridgehead atoms. The van der Waals surface area contributed by atoms with E-state index in [1.807, 2.05) is 24.3 Å². The molecule has 0 aliphatic carbocycles. The Morgan fingerprint density at radius 3 is 2.58 bits per heavy atom. The standard InChI is InChI=1S/C19H30N2O3/c1-23-18-8-3-4-9-19(18)24-13-7-10-20-14-16(17(22)15-20)21-11-5-2-6-12-21/h3-4,8-9,16-17,22H,2,5-7,10-15H2,1H3/t16-,17-/m0/s1. The van der Waals surface area contributed by atoms with Crippen LogP contribution < -0.4 is 9.47 Å². The highest BCUT2D eigenvalue weighted by Gasteiger charge is 2.35. The minimum Gasteiger partial charge on any atom is -0.493 e. The predicted molar refractivity (Wildman–Crippen MR) is 94.8 cm³/mol. The van der Waals surface area contributed by atoms with E-state index in [-0.39, 0.29) is 6.10 Å². The number of rotatable bonds is 7. The lowest BCUT2D eigenvalue weighted by Crippen LogP contribution is -2.45. The third-order valence-corrected chi connectivity index (χ3v) is 5.14. The van der Waals surface area contributed by atoms with Crippen molar-refractivity contribution in [1.82, 2.24) is 9.80 Å². The minimum atomic E-state index is -0.210. The van der Waals surface area contributed by atoms with Crippen molar-refractivity contribution < 1.29 is 14.6 Å². The summed E-state index contributed by atoms with van der Waals surface area (Å²) in [6.07, 6.45) is 4.63. The van der Waals surface area contributed by atoms with Gasteiger partial charge in [0, 0.05) is 25.7 Å². The van der Waals surface area contributed by atoms with Gasteiger partial charge in [-0.25, -0.2) is 0 Å². The molecule has 5 nitrogen and oxygen atoms in total. The normalized spacial score (nSPS) is 25.8. The van der Waals surface area contributed by atoms with Gasteiger partial charge in [-0.05, 0) is 44.5 Å². The maximum absolute atomic E-state index is 10.4. The molecule has 2 fully saturated rings. The van der Waals surface area contributed by atoms with Crippen LogP contribution in [0.25, 0.3) is 0 Å². The molecule has 3 rings (SSSR count). The number of β-amino-alcohol motifs (C(OH)–C–C–N with tert-alkyl or cyclic N) is 1. The van der Waals surface area contributed by atoms with Crippen LogP contribution in [0.1, 0.15) is 25.7 Å². The van der Waals surface area contributed by atoms with Crippen molar-refractivity contribution in [1.29, 1.82) is 0 Å². The molecule has 2 heterocycles. The molecule has 1 aromatic carbocycles. The zero-order valence-electron chi connectivity index (χ0n) is 14.7. The summed E-state index contributed by atoms with van der Waals surface area (Å²) >= 11 is 0. The molecule has 134 valence electrons. The molecule has 0 amide bonds. The van der Waals surface area contributed by atoms with Crippen LogP contribution in [0.5, 0.6) is 11.5 Å². The van der Waals surface area contributed by atoms with Crippen LogP contribution in [-0.2, 0) is 0 Å². The molecule has 0 radical (unpaired) electrons. The van der Waals surface area contributed by atoms with E-state index in [2.05, 4.69) is 9.80 Å². The molecule has 0 unspecified atom stereocenters. The zero-order chi connectivity index (χ0) is 16.8. The smallest absolute Gasteiger partial charge is 0.161 e. The first-order valence-corrected chi connectivity index (χ1v) is 9.18. The zero-order valence-corrected chi connectivity index (χ0v) is 14.7. The summed E-state index contributed by atoms with van der Waals surface area (Å²) in [6, 6.07) is 8.07. The number of nitrogens with zero attached hydrogens (tertiary/aromatic N) is 2. The van der Waals surface area contributed by atoms with Crippen molar-refractivity contribution >= 4 is 0 Å². The average molecular weight is 334 g/mol. The number of likely N-dealkylation sites (tertiary alicyclic amines) is 2. The van der Waals surface area contributed by atoms with Gasteiger partial charge < -0.3 is 14.6 Å². The van der Waals surface area contributed by atoms with E-state index in [4.69, 9.17) is 9.47 Å². The van der Waals surface area contributed by atoms with Gasteiger partial charge in [-0.1, -0.05) is 18.6 Å². The number of aliphatic hydroxyl groups excluding tert-OH is 1. The van der Waals surface area contributed by atoms with E-state index < -0.39 is 0 Å². The van der Waals surface area contributed by atoms with E-state index in [0.717, 1.165) is 50.6 Å². The van der Waals surface area contributed by atoms with Crippen LogP contribution in [0.4, 0.5) is 0 Å². The first-order valence-electron chi connectivity index (χ1n) is 9.18. The summed E-state index contributed by atoms with van der Waals surface area (Å²) in [4.78, 5) is 4.86. The van der Waals surface area contributed by atoms with Crippen molar-refractivity contribution in [2.24, 2.45) is 0 Å². The van der Waals surface area contributed by atoms with E-state index >= 15 is 0 Å². The highest BCUT2D eigenvalue weighted by atomic mass is 16.5. The molecule has 2 saturated heterocycles. The Bertz CT molecular complexity index is 505. The maximum Gasteiger partial charge on any atom is 0.161 e. The average Bonchev–Trinajstić information content (AvgIpc) is 3.00. The third kappa shape index (κ3) is 4.41. The molecule has 5 heteroatoms. The van der Waals surface area contributed by atoms with Gasteiger partial charge >= 0.3 is 0 Å². The lowest BCUT2D eigenvalue weighted by molar-refractivity contribution is 0.0706. The highest BCUT2D eigenvalue weighted by molar-refractivity contribution is 5.39. The molecule has 0 saturated carbocycles. The third-order valence-electron chi connectivity index (χ3n) is 5.14. The molecule has 1 aromatic rings. The summed E-state index contributed by atoms with van der Waals surface area (Å²) in [6.45, 7) is 5.70. The Balaban J connectivity index is 1.39. The second kappa shape index (κ2) is 8.70. The van der Waals surface area contributed by atoms with Crippen molar-refractivity contribution in [2.45, 2.75) is 37.8 Å². The Hall–Kier alpha value is -1.30. The van der Waals surface area contributed by atoms with Crippen LogP contribution in [0.2, 0.25) is 0 Å². The van der Waals surface area contributed by atoms with Crippen molar-refractivity contribution in [2.75, 3.05) is 46.4 Å². The predicted octanol–water partition coefficient (Wildman–Crippen LogP) is 2.00. The van der Waals surface area contributed by atoms with Gasteiger partial charge in [0.1, 0.15) is 0 Å². The number of methoxy groups -OCH3 is 1. The highest BCUT2D eigenvalue weighted by Crippen LogP contribution is 2.26. The lowest BCUT2D eigenvalue weighted by atomic mass is 10.1. The summed E-state index contributed by atoms with van der Waals surface area (Å²) in [5, 5.41) is 10.4. The molecule has 0 spiro atoms. The largest absolute Gasteiger partial charge is 0.493 e. The summed E-state index contributed by atoms with van der Waals surface area (Å²) in [7, 11) is 1.66. The number of hydrogen-bond donors (Lipinski definition) is 1. The van der Waals surface area contributed by atoms with Crippen molar-refractivity contribution in [3.05, 3.63) is 24.3 Å². The number of benzene rings is 1. The Morgan fingerprint density at radius 1 is 1.08 bits per heavy atom. The maximum atomic E-state index is 10.4. The monoisotopic (exact) mass is 334 g/mol. The van der Waals surface area contributed by atoms with Crippen LogP contribution in [0, 0.1) is 0 Å². The molecular formula is C19H30N2O3. The SMILES string of the molecule is COc1ccccc1OCCCN1C[C@H](O)[C@@H](N2CCCCC2)C1. The number of piperidine rings is 1. The van der Waals surface area contributed by atoms with Gasteiger partial charge in [0.15, 0.2) is 11.5 Å². The molecule has 24 heavy (non-hydrogen) atoms. The molecule has 1 N–H and O–H groups in total. The van der Waals surface area contributed by atoms with Crippen molar-refractivity contribution in [3.8, 4) is 11.5 Å². The van der Waals surface area contributed by atoms with Crippen LogP contribution in [-0.4, -0.2) is 73.5 Å². The van der Waals surface area contributed by atoms with E-state index in [1.165, 1.54) is 19.3 Å². The van der Waals surface area contributed by atoms with Gasteiger partial charge in [-0.15, -0.1) is 0 Å². The number of para-hydroxylation sites is 2. The Labute approximate surface area is 145 Å². The molecular weight excluding hydrogens is 304 g/mol. The molecule has 2 aliphatic rings. The van der Waals surface area contributed by atoms with Crippen LogP contribution >= 0.6 is 0 Å². The van der Waals surface area contributed by atoms with E-state index in [9.17, 15) is 5.11 Å². The van der Waals surface area contributed by atoms with E-state index in [1.54, 1.807) is 7.11 Å². The Morgan fingerprint density at radius 2 is 1.83 bits per heavy atom. The Kier molecular flexibility index (Phi) is 6.35. The second-order valence-electron chi connectivity index (χ2n) is 6.84. The van der Waals surface area contributed by atoms with Gasteiger partial charge in [-0.2, -0.15) is 0 Å². The van der Waals surface area contributed by atoms with Gasteiger partial charge in [0.2, 0.25) is 0 Å². The topological polar surface area (TPSA) is 45.2 Å². The lowest BCUT2D eigenvalue weighted by Gasteiger charge is -2.33. The number of aliphatic hydroxyl groups is 1. The first kappa shape index (κ1) is 17.5. The second-order valence-corrected chi connectivity index (χ2v) is 6.84. The minimum absolute atomic E-state index is 0.210.